The molecular formula is C18H36N2O7. The topological polar surface area (TPSA) is 146 Å². The molecule has 0 unspecified atom stereocenters. The number of amides is 1. The number of β-amino-alcohol motifs (C(OH)–C–C–N with tert-alkyl or cyclic N) is 1. The van der Waals surface area contributed by atoms with Crippen molar-refractivity contribution in [2.24, 2.45) is 5.73 Å². The van der Waals surface area contributed by atoms with Crippen molar-refractivity contribution < 1.29 is 34.7 Å². The SMILES string of the molecule is NCCCCC(=O)N1CCCOCCCCO[C@H]([C@H](O)CO)[C@H](O)[C@H](O)C1. The molecule has 160 valence electrons. The van der Waals surface area contributed by atoms with Crippen molar-refractivity contribution >= 4 is 5.91 Å². The summed E-state index contributed by atoms with van der Waals surface area (Å²) in [5.41, 5.74) is 5.46. The van der Waals surface area contributed by atoms with Gasteiger partial charge in [0.25, 0.3) is 0 Å². The summed E-state index contributed by atoms with van der Waals surface area (Å²) >= 11 is 0. The van der Waals surface area contributed by atoms with Gasteiger partial charge < -0.3 is 40.5 Å². The monoisotopic (exact) mass is 392 g/mol. The Labute approximate surface area is 161 Å². The van der Waals surface area contributed by atoms with Gasteiger partial charge in [-0.3, -0.25) is 4.79 Å². The van der Waals surface area contributed by atoms with E-state index in [1.807, 2.05) is 0 Å². The van der Waals surface area contributed by atoms with Gasteiger partial charge in [0.15, 0.2) is 0 Å². The van der Waals surface area contributed by atoms with Gasteiger partial charge in [0, 0.05) is 39.3 Å². The van der Waals surface area contributed by atoms with Crippen molar-refractivity contribution in [3.8, 4) is 0 Å². The summed E-state index contributed by atoms with van der Waals surface area (Å²) in [5.74, 6) is -0.123. The van der Waals surface area contributed by atoms with Crippen LogP contribution in [0.25, 0.3) is 0 Å². The van der Waals surface area contributed by atoms with Gasteiger partial charge in [-0.2, -0.15) is 0 Å². The minimum Gasteiger partial charge on any atom is -0.394 e. The maximum Gasteiger partial charge on any atom is 0.222 e. The number of hydrogen-bond donors (Lipinski definition) is 5. The number of nitrogens with zero attached hydrogens (tertiary/aromatic N) is 1. The molecule has 1 heterocycles. The van der Waals surface area contributed by atoms with Crippen LogP contribution in [0, 0.1) is 0 Å². The van der Waals surface area contributed by atoms with Gasteiger partial charge in [0.05, 0.1) is 6.61 Å². The van der Waals surface area contributed by atoms with E-state index in [4.69, 9.17) is 15.2 Å². The molecule has 0 aromatic heterocycles. The average Bonchev–Trinajstić information content (AvgIpc) is 2.66. The van der Waals surface area contributed by atoms with E-state index in [-0.39, 0.29) is 19.1 Å². The molecule has 0 bridgehead atoms. The van der Waals surface area contributed by atoms with Crippen LogP contribution in [0.15, 0.2) is 0 Å². The third kappa shape index (κ3) is 9.29. The van der Waals surface area contributed by atoms with E-state index < -0.39 is 31.0 Å². The molecule has 0 aliphatic carbocycles. The third-order valence-corrected chi connectivity index (χ3v) is 4.61. The maximum absolute atomic E-state index is 12.5. The molecule has 1 aliphatic heterocycles. The Morgan fingerprint density at radius 2 is 1.85 bits per heavy atom. The predicted molar refractivity (Wildman–Crippen MR) is 99.0 cm³/mol. The summed E-state index contributed by atoms with van der Waals surface area (Å²) in [5, 5.41) is 40.0. The van der Waals surface area contributed by atoms with Crippen LogP contribution in [-0.2, 0) is 14.3 Å². The van der Waals surface area contributed by atoms with Crippen LogP contribution >= 0.6 is 0 Å². The minimum absolute atomic E-state index is 0.0827. The largest absolute Gasteiger partial charge is 0.394 e. The summed E-state index contributed by atoms with van der Waals surface area (Å²) in [6, 6.07) is 0. The summed E-state index contributed by atoms with van der Waals surface area (Å²) < 4.78 is 11.0. The Morgan fingerprint density at radius 3 is 2.56 bits per heavy atom. The van der Waals surface area contributed by atoms with E-state index in [0.717, 1.165) is 12.8 Å². The average molecular weight is 392 g/mol. The van der Waals surface area contributed by atoms with Crippen LogP contribution in [0.5, 0.6) is 0 Å². The predicted octanol–water partition coefficient (Wildman–Crippen LogP) is -1.40. The van der Waals surface area contributed by atoms with Crippen LogP contribution in [0.1, 0.15) is 38.5 Å². The van der Waals surface area contributed by atoms with Crippen molar-refractivity contribution in [2.75, 3.05) is 46.1 Å². The molecule has 1 saturated heterocycles. The van der Waals surface area contributed by atoms with Crippen LogP contribution in [0.3, 0.4) is 0 Å². The van der Waals surface area contributed by atoms with E-state index >= 15 is 0 Å². The first-order valence-corrected chi connectivity index (χ1v) is 9.83. The van der Waals surface area contributed by atoms with Crippen LogP contribution in [-0.4, -0.2) is 102 Å². The van der Waals surface area contributed by atoms with E-state index in [1.165, 1.54) is 4.90 Å². The van der Waals surface area contributed by atoms with Crippen molar-refractivity contribution in [1.29, 1.82) is 0 Å². The van der Waals surface area contributed by atoms with Gasteiger partial charge in [0.2, 0.25) is 5.91 Å². The molecule has 0 saturated carbocycles. The fourth-order valence-corrected chi connectivity index (χ4v) is 2.98. The standard InChI is InChI=1S/C18H36N2O7/c19-7-2-1-6-16(24)20-8-5-10-26-9-3-4-11-27-18(15(23)13-21)17(25)14(22)12-20/h14-15,17-18,21-23,25H,1-13,19H2/t14-,15-,17-,18-/m1/s1. The second-order valence-corrected chi connectivity index (χ2v) is 6.90. The maximum atomic E-state index is 12.5. The number of rotatable bonds is 6. The summed E-state index contributed by atoms with van der Waals surface area (Å²) in [6.45, 7) is 1.57. The zero-order valence-electron chi connectivity index (χ0n) is 16.0. The molecular weight excluding hydrogens is 356 g/mol. The van der Waals surface area contributed by atoms with Gasteiger partial charge in [-0.15, -0.1) is 0 Å². The second-order valence-electron chi connectivity index (χ2n) is 6.90. The Bertz CT molecular complexity index is 400. The van der Waals surface area contributed by atoms with Gasteiger partial charge in [-0.25, -0.2) is 0 Å². The van der Waals surface area contributed by atoms with Gasteiger partial charge in [0.1, 0.15) is 24.4 Å². The highest BCUT2D eigenvalue weighted by molar-refractivity contribution is 5.76. The molecule has 1 aliphatic rings. The Kier molecular flexibility index (Phi) is 12.8. The zero-order valence-corrected chi connectivity index (χ0v) is 16.0. The highest BCUT2D eigenvalue weighted by Gasteiger charge is 2.34. The first-order valence-electron chi connectivity index (χ1n) is 9.83. The molecule has 9 nitrogen and oxygen atoms in total. The molecule has 0 spiro atoms. The summed E-state index contributed by atoms with van der Waals surface area (Å²) in [6.07, 6.45) is -1.42. The number of aliphatic hydroxyl groups excluding tert-OH is 4. The molecule has 9 heteroatoms. The number of aliphatic hydroxyl groups is 4. The van der Waals surface area contributed by atoms with Gasteiger partial charge >= 0.3 is 0 Å². The first-order chi connectivity index (χ1) is 13.0. The lowest BCUT2D eigenvalue weighted by molar-refractivity contribution is -0.152. The normalized spacial score (nSPS) is 27.7. The minimum atomic E-state index is -1.43. The Hall–Kier alpha value is -0.810. The Balaban J connectivity index is 2.79. The molecule has 6 N–H and O–H groups in total. The zero-order chi connectivity index (χ0) is 20.1. The van der Waals surface area contributed by atoms with E-state index in [2.05, 4.69) is 0 Å². The lowest BCUT2D eigenvalue weighted by atomic mass is 10.0. The number of ether oxygens (including phenoxy) is 2. The van der Waals surface area contributed by atoms with Gasteiger partial charge in [-0.05, 0) is 38.6 Å². The van der Waals surface area contributed by atoms with Crippen molar-refractivity contribution in [2.45, 2.75) is 62.9 Å². The highest BCUT2D eigenvalue weighted by atomic mass is 16.5. The van der Waals surface area contributed by atoms with Gasteiger partial charge in [-0.1, -0.05) is 0 Å². The smallest absolute Gasteiger partial charge is 0.222 e. The molecule has 1 amide bonds. The Morgan fingerprint density at radius 1 is 1.15 bits per heavy atom. The number of carbonyl (C=O) groups excluding carboxylic acids is 1. The van der Waals surface area contributed by atoms with Crippen LogP contribution in [0.2, 0.25) is 0 Å². The molecule has 0 aromatic rings. The third-order valence-electron chi connectivity index (χ3n) is 4.61. The van der Waals surface area contributed by atoms with Crippen molar-refractivity contribution in [3.05, 3.63) is 0 Å². The van der Waals surface area contributed by atoms with Crippen molar-refractivity contribution in [1.82, 2.24) is 4.90 Å². The molecule has 4 atom stereocenters. The fourth-order valence-electron chi connectivity index (χ4n) is 2.98. The van der Waals surface area contributed by atoms with E-state index in [1.54, 1.807) is 0 Å². The van der Waals surface area contributed by atoms with Crippen LogP contribution < -0.4 is 5.73 Å². The highest BCUT2D eigenvalue weighted by Crippen LogP contribution is 2.14. The quantitative estimate of drug-likeness (QED) is 0.347. The summed E-state index contributed by atoms with van der Waals surface area (Å²) in [4.78, 5) is 14.0. The lowest BCUT2D eigenvalue weighted by Crippen LogP contribution is -2.52. The molecule has 1 rings (SSSR count). The number of carbonyl (C=O) groups is 1. The second kappa shape index (κ2) is 14.2. The van der Waals surface area contributed by atoms with E-state index in [9.17, 15) is 25.2 Å². The molecule has 27 heavy (non-hydrogen) atoms. The number of unbranched alkanes of at least 4 members (excludes halogenated alkanes) is 1. The first kappa shape index (κ1) is 24.2. The summed E-state index contributed by atoms with van der Waals surface area (Å²) in [7, 11) is 0. The lowest BCUT2D eigenvalue weighted by Gasteiger charge is -2.33. The molecule has 0 aromatic carbocycles. The fraction of sp³-hybridized carbons (Fsp3) is 0.944. The number of hydrogen-bond acceptors (Lipinski definition) is 8. The van der Waals surface area contributed by atoms with Crippen molar-refractivity contribution in [3.63, 3.8) is 0 Å². The van der Waals surface area contributed by atoms with Crippen LogP contribution in [0.4, 0.5) is 0 Å². The number of nitrogens with two attached hydrogens (primary N) is 1. The molecule has 1 fully saturated rings. The van der Waals surface area contributed by atoms with E-state index in [0.29, 0.717) is 52.0 Å². The molecule has 0 radical (unpaired) electrons.